The average molecular weight is 556 g/mol. The van der Waals surface area contributed by atoms with Gasteiger partial charge in [-0.2, -0.15) is 19.6 Å². The smallest absolute Gasteiger partial charge is 0.676 e. The molecule has 5 nitrogen and oxygen atoms in total. The van der Waals surface area contributed by atoms with Gasteiger partial charge in [-0.15, -0.1) is 0 Å². The van der Waals surface area contributed by atoms with Gasteiger partial charge in [0.15, 0.2) is 0 Å². The molecule has 1 aromatic heterocycles. The Bertz CT molecular complexity index is 537. The van der Waals surface area contributed by atoms with Gasteiger partial charge in [0, 0.05) is 31.0 Å². The predicted molar refractivity (Wildman–Crippen MR) is 112 cm³/mol. The third kappa shape index (κ3) is 8.71. The van der Waals surface area contributed by atoms with Crippen LogP contribution in [0.2, 0.25) is 0 Å². The second-order valence-electron chi connectivity index (χ2n) is 7.99. The van der Waals surface area contributed by atoms with Gasteiger partial charge in [0.05, 0.1) is 0 Å². The zero-order chi connectivity index (χ0) is 19.5. The van der Waals surface area contributed by atoms with Gasteiger partial charge in [0.25, 0.3) is 5.91 Å². The normalized spacial score (nSPS) is 20.7. The molecule has 1 aliphatic carbocycles. The zero-order valence-electron chi connectivity index (χ0n) is 17.5. The predicted octanol–water partition coefficient (Wildman–Crippen LogP) is 5.33. The van der Waals surface area contributed by atoms with E-state index < -0.39 is 0 Å². The number of likely N-dealkylation sites (N-methyl/N-ethyl adjacent to an activating group) is 1. The Balaban J connectivity index is 0.000000367. The molecule has 2 fully saturated rings. The van der Waals surface area contributed by atoms with Crippen molar-refractivity contribution in [2.45, 2.75) is 64.3 Å². The third-order valence-corrected chi connectivity index (χ3v) is 5.82. The molecule has 0 bridgehead atoms. The molecule has 0 spiro atoms. The molecule has 2 aliphatic rings. The van der Waals surface area contributed by atoms with Crippen LogP contribution < -0.4 is 0 Å². The van der Waals surface area contributed by atoms with Crippen molar-refractivity contribution in [3.05, 3.63) is 41.1 Å². The van der Waals surface area contributed by atoms with Crippen molar-refractivity contribution < 1.29 is 25.9 Å². The molecule has 2 heterocycles. The number of hydrogen-bond donors (Lipinski definition) is 0. The fourth-order valence-corrected chi connectivity index (χ4v) is 4.18. The van der Waals surface area contributed by atoms with E-state index in [9.17, 15) is 4.79 Å². The number of pyridine rings is 1. The Labute approximate surface area is 185 Å². The first kappa shape index (κ1) is 25.3. The first-order valence-corrected chi connectivity index (χ1v) is 10.6. The number of nitrogens with one attached hydrogen (secondary N) is 1. The quantitative estimate of drug-likeness (QED) is 0.475. The maximum atomic E-state index is 12.2. The summed E-state index contributed by atoms with van der Waals surface area (Å²) in [5, 5.41) is 4.00. The Kier molecular flexibility index (Phi) is 12.9. The fourth-order valence-electron chi connectivity index (χ4n) is 4.18. The van der Waals surface area contributed by atoms with Gasteiger partial charge in [-0.1, -0.05) is 51.9 Å². The van der Waals surface area contributed by atoms with Gasteiger partial charge in [-0.05, 0) is 30.4 Å². The molecule has 28 heavy (non-hydrogen) atoms. The van der Waals surface area contributed by atoms with E-state index in [1.807, 2.05) is 4.90 Å². The molecule has 1 saturated carbocycles. The van der Waals surface area contributed by atoms with Crippen LogP contribution in [0.15, 0.2) is 24.5 Å². The van der Waals surface area contributed by atoms with E-state index in [1.165, 1.54) is 38.5 Å². The van der Waals surface area contributed by atoms with E-state index in [0.29, 0.717) is 18.0 Å². The van der Waals surface area contributed by atoms with Crippen molar-refractivity contribution in [2.24, 2.45) is 11.8 Å². The van der Waals surface area contributed by atoms with Crippen LogP contribution in [0.4, 0.5) is 0 Å². The number of amides is 1. The van der Waals surface area contributed by atoms with E-state index in [0.717, 1.165) is 31.8 Å². The zero-order valence-corrected chi connectivity index (χ0v) is 20.4. The molecule has 1 amide bonds. The van der Waals surface area contributed by atoms with Gasteiger partial charge in [-0.25, -0.2) is 0 Å². The minimum absolute atomic E-state index is 0. The molecular formula is C22H36N4OW. The maximum absolute atomic E-state index is 12.2. The van der Waals surface area contributed by atoms with Gasteiger partial charge >= 0.3 is 21.1 Å². The first-order chi connectivity index (χ1) is 13.1. The molecular weight excluding hydrogens is 520 g/mol. The fraction of sp³-hybridized carbons (Fsp3) is 0.727. The number of nitrogens with zero attached hydrogens (tertiary/aromatic N) is 3. The summed E-state index contributed by atoms with van der Waals surface area (Å²) in [6.45, 7) is 4.47. The molecule has 1 saturated heterocycles. The standard InChI is InChI=1S/C14H20N4O.C8H16.W/c1-16-9-13(15)8-11-4-7-18(10-11)14(19)12-2-5-17-6-3-12;1-2-8-6-4-3-5-7-8;/h2-3,5-6,11,13,15H,4,7-10H2,1H3;8H,2-7H2,1H3;/q-2;;+2. The summed E-state index contributed by atoms with van der Waals surface area (Å²) in [4.78, 5) is 18.0. The molecule has 1 N–H and O–H groups in total. The second kappa shape index (κ2) is 14.2. The largest absolute Gasteiger partial charge is 2.00 e. The van der Waals surface area contributed by atoms with Crippen LogP contribution in [-0.2, 0) is 21.1 Å². The van der Waals surface area contributed by atoms with Gasteiger partial charge < -0.3 is 16.0 Å². The summed E-state index contributed by atoms with van der Waals surface area (Å²) in [5.41, 5.74) is 8.56. The summed E-state index contributed by atoms with van der Waals surface area (Å²) in [6.07, 6.45) is 14.0. The topological polar surface area (TPSA) is 71.1 Å². The van der Waals surface area contributed by atoms with E-state index in [4.69, 9.17) is 5.73 Å². The number of likely N-dealkylation sites (tertiary alicyclic amines) is 1. The van der Waals surface area contributed by atoms with Crippen LogP contribution in [0.3, 0.4) is 0 Å². The van der Waals surface area contributed by atoms with Gasteiger partial charge in [0.1, 0.15) is 0 Å². The number of aromatic nitrogens is 1. The molecule has 2 atom stereocenters. The number of rotatable bonds is 6. The monoisotopic (exact) mass is 556 g/mol. The molecule has 156 valence electrons. The van der Waals surface area contributed by atoms with Gasteiger partial charge in [0.2, 0.25) is 0 Å². The maximum Gasteiger partial charge on any atom is 2.00 e. The van der Waals surface area contributed by atoms with E-state index in [-0.39, 0.29) is 33.0 Å². The van der Waals surface area contributed by atoms with Crippen LogP contribution >= 0.6 is 0 Å². The Hall–Kier alpha value is -0.772. The van der Waals surface area contributed by atoms with E-state index in [2.05, 4.69) is 17.2 Å². The summed E-state index contributed by atoms with van der Waals surface area (Å²) in [6, 6.07) is 3.36. The van der Waals surface area contributed by atoms with Crippen LogP contribution in [0.1, 0.15) is 68.6 Å². The van der Waals surface area contributed by atoms with Gasteiger partial charge in [-0.3, -0.25) is 9.78 Å². The Morgan fingerprint density at radius 1 is 1.21 bits per heavy atom. The van der Waals surface area contributed by atoms with E-state index >= 15 is 0 Å². The molecule has 1 aliphatic heterocycles. The molecule has 6 heteroatoms. The minimum Gasteiger partial charge on any atom is -0.676 e. The average Bonchev–Trinajstić information content (AvgIpc) is 3.17. The van der Waals surface area contributed by atoms with Crippen LogP contribution in [-0.4, -0.2) is 48.5 Å². The first-order valence-electron chi connectivity index (χ1n) is 10.6. The summed E-state index contributed by atoms with van der Waals surface area (Å²) >= 11 is 0. The van der Waals surface area contributed by atoms with E-state index in [1.54, 1.807) is 31.6 Å². The number of carbonyl (C=O) groups excluding carboxylic acids is 1. The second-order valence-corrected chi connectivity index (χ2v) is 7.99. The molecule has 1 aromatic rings. The van der Waals surface area contributed by atoms with Crippen LogP contribution in [0.25, 0.3) is 11.1 Å². The third-order valence-electron chi connectivity index (χ3n) is 5.82. The van der Waals surface area contributed by atoms with Crippen molar-refractivity contribution in [1.29, 1.82) is 0 Å². The number of hydrogen-bond acceptors (Lipinski definition) is 2. The van der Waals surface area contributed by atoms with Crippen molar-refractivity contribution in [2.75, 3.05) is 26.7 Å². The summed E-state index contributed by atoms with van der Waals surface area (Å²) in [5.74, 6) is 1.60. The summed E-state index contributed by atoms with van der Waals surface area (Å²) in [7, 11) is 1.75. The Morgan fingerprint density at radius 2 is 1.89 bits per heavy atom. The van der Waals surface area contributed by atoms with Crippen molar-refractivity contribution in [3.8, 4) is 0 Å². The summed E-state index contributed by atoms with van der Waals surface area (Å²) < 4.78 is 0. The molecule has 0 radical (unpaired) electrons. The van der Waals surface area contributed by atoms with Crippen LogP contribution in [0, 0.1) is 11.8 Å². The Morgan fingerprint density at radius 3 is 2.46 bits per heavy atom. The van der Waals surface area contributed by atoms with Crippen molar-refractivity contribution in [3.63, 3.8) is 0 Å². The SMILES string of the molecule is CCC1CCCCC1.C[N-]CC([NH-])CC1CCN(C(=O)c2ccncc2)C1.[W+2]. The molecule has 3 rings (SSSR count). The van der Waals surface area contributed by atoms with Crippen molar-refractivity contribution in [1.82, 2.24) is 9.88 Å². The van der Waals surface area contributed by atoms with Crippen LogP contribution in [0.5, 0.6) is 0 Å². The van der Waals surface area contributed by atoms with Crippen molar-refractivity contribution >= 4 is 5.91 Å². The molecule has 2 unspecified atom stereocenters. The molecule has 0 aromatic carbocycles. The number of carbonyl (C=O) groups is 1. The minimum atomic E-state index is -0.133.